The first-order chi connectivity index (χ1) is 11.8. The molecule has 0 radical (unpaired) electrons. The predicted octanol–water partition coefficient (Wildman–Crippen LogP) is 2.29. The molecule has 0 bridgehead atoms. The van der Waals surface area contributed by atoms with Gasteiger partial charge in [-0.25, -0.2) is 0 Å². The van der Waals surface area contributed by atoms with Gasteiger partial charge >= 0.3 is 0 Å². The number of nitrogens with one attached hydrogen (secondary N) is 2. The van der Waals surface area contributed by atoms with Gasteiger partial charge in [-0.1, -0.05) is 26.7 Å². The van der Waals surface area contributed by atoms with Crippen molar-refractivity contribution in [2.45, 2.75) is 71.4 Å². The molecule has 0 amide bonds. The Labute approximate surface area is 149 Å². The topological polar surface area (TPSA) is 42.9 Å². The number of likely N-dealkylation sites (tertiary alicyclic amines) is 1. The zero-order valence-electron chi connectivity index (χ0n) is 16.2. The standard InChI is InChI=1S/C19H39N5/c1-4-20-19(21-13-9-14-23(5-2)6-3)22-17-12-15-24(16-17)18-10-7-8-11-18/h17-18H,4-16H2,1-3H3,(H2,20,21,22). The molecule has 24 heavy (non-hydrogen) atoms. The van der Waals surface area contributed by atoms with Gasteiger partial charge in [0.25, 0.3) is 0 Å². The van der Waals surface area contributed by atoms with Crippen LogP contribution in [0.25, 0.3) is 0 Å². The summed E-state index contributed by atoms with van der Waals surface area (Å²) in [6.07, 6.45) is 8.06. The van der Waals surface area contributed by atoms with E-state index in [1.54, 1.807) is 0 Å². The molecule has 0 aromatic heterocycles. The lowest BCUT2D eigenvalue weighted by Crippen LogP contribution is -2.45. The summed E-state index contributed by atoms with van der Waals surface area (Å²) < 4.78 is 0. The Morgan fingerprint density at radius 3 is 2.54 bits per heavy atom. The normalized spacial score (nSPS) is 23.3. The number of hydrogen-bond donors (Lipinski definition) is 2. The van der Waals surface area contributed by atoms with Crippen molar-refractivity contribution >= 4 is 5.96 Å². The Kier molecular flexibility index (Phi) is 8.89. The zero-order chi connectivity index (χ0) is 17.2. The minimum absolute atomic E-state index is 0.561. The Hall–Kier alpha value is -0.810. The van der Waals surface area contributed by atoms with Gasteiger partial charge in [0.1, 0.15) is 0 Å². The quantitative estimate of drug-likeness (QED) is 0.385. The lowest BCUT2D eigenvalue weighted by Gasteiger charge is -2.24. The van der Waals surface area contributed by atoms with E-state index in [0.29, 0.717) is 6.04 Å². The molecule has 2 fully saturated rings. The first-order valence-corrected chi connectivity index (χ1v) is 10.3. The van der Waals surface area contributed by atoms with Crippen molar-refractivity contribution in [2.75, 3.05) is 45.8 Å². The van der Waals surface area contributed by atoms with E-state index in [2.05, 4.69) is 41.2 Å². The summed E-state index contributed by atoms with van der Waals surface area (Å²) in [7, 11) is 0. The third-order valence-electron chi connectivity index (χ3n) is 5.54. The highest BCUT2D eigenvalue weighted by Crippen LogP contribution is 2.26. The van der Waals surface area contributed by atoms with Crippen LogP contribution in [0.2, 0.25) is 0 Å². The van der Waals surface area contributed by atoms with E-state index in [1.165, 1.54) is 45.2 Å². The number of aliphatic imine (C=N–C) groups is 1. The minimum atomic E-state index is 0.561. The maximum absolute atomic E-state index is 4.79. The summed E-state index contributed by atoms with van der Waals surface area (Å²) in [5, 5.41) is 7.09. The van der Waals surface area contributed by atoms with Crippen molar-refractivity contribution < 1.29 is 0 Å². The molecule has 140 valence electrons. The van der Waals surface area contributed by atoms with Crippen LogP contribution < -0.4 is 10.6 Å². The summed E-state index contributed by atoms with van der Waals surface area (Å²) in [6, 6.07) is 1.41. The molecule has 1 unspecified atom stereocenters. The summed E-state index contributed by atoms with van der Waals surface area (Å²) in [6.45, 7) is 14.3. The molecule has 1 aliphatic carbocycles. The van der Waals surface area contributed by atoms with E-state index in [0.717, 1.165) is 51.1 Å². The van der Waals surface area contributed by atoms with Crippen LogP contribution in [0.4, 0.5) is 0 Å². The first kappa shape index (κ1) is 19.5. The molecule has 1 aliphatic heterocycles. The van der Waals surface area contributed by atoms with Gasteiger partial charge in [-0.3, -0.25) is 9.89 Å². The largest absolute Gasteiger partial charge is 0.357 e. The van der Waals surface area contributed by atoms with E-state index in [4.69, 9.17) is 4.99 Å². The van der Waals surface area contributed by atoms with Gasteiger partial charge in [0.15, 0.2) is 5.96 Å². The highest BCUT2D eigenvalue weighted by atomic mass is 15.3. The van der Waals surface area contributed by atoms with Gasteiger partial charge in [-0.15, -0.1) is 0 Å². The monoisotopic (exact) mass is 337 g/mol. The molecule has 0 spiro atoms. The van der Waals surface area contributed by atoms with Gasteiger partial charge in [-0.2, -0.15) is 0 Å². The summed E-state index contributed by atoms with van der Waals surface area (Å²) in [5.74, 6) is 1.01. The van der Waals surface area contributed by atoms with Crippen LogP contribution in [0.3, 0.4) is 0 Å². The lowest BCUT2D eigenvalue weighted by atomic mass is 10.2. The fourth-order valence-electron chi connectivity index (χ4n) is 4.04. The third kappa shape index (κ3) is 6.25. The van der Waals surface area contributed by atoms with Gasteiger partial charge in [0.2, 0.25) is 0 Å². The average molecular weight is 338 g/mol. The Morgan fingerprint density at radius 1 is 1.12 bits per heavy atom. The van der Waals surface area contributed by atoms with E-state index in [9.17, 15) is 0 Å². The molecule has 1 saturated heterocycles. The SMILES string of the molecule is CCNC(=NCCCN(CC)CC)NC1CCN(C2CCCC2)C1. The molecular weight excluding hydrogens is 298 g/mol. The smallest absolute Gasteiger partial charge is 0.191 e. The van der Waals surface area contributed by atoms with Crippen molar-refractivity contribution in [3.05, 3.63) is 0 Å². The Bertz CT molecular complexity index is 361. The van der Waals surface area contributed by atoms with Crippen LogP contribution in [0, 0.1) is 0 Å². The summed E-state index contributed by atoms with van der Waals surface area (Å²) in [4.78, 5) is 9.96. The molecule has 2 N–H and O–H groups in total. The number of nitrogens with zero attached hydrogens (tertiary/aromatic N) is 3. The van der Waals surface area contributed by atoms with Gasteiger partial charge in [0, 0.05) is 38.3 Å². The minimum Gasteiger partial charge on any atom is -0.357 e. The molecule has 5 nitrogen and oxygen atoms in total. The van der Waals surface area contributed by atoms with Crippen molar-refractivity contribution in [1.82, 2.24) is 20.4 Å². The second kappa shape index (κ2) is 10.9. The van der Waals surface area contributed by atoms with Crippen molar-refractivity contribution in [1.29, 1.82) is 0 Å². The molecule has 1 heterocycles. The van der Waals surface area contributed by atoms with Crippen molar-refractivity contribution in [2.24, 2.45) is 4.99 Å². The molecular formula is C19H39N5. The Morgan fingerprint density at radius 2 is 1.88 bits per heavy atom. The van der Waals surface area contributed by atoms with Crippen molar-refractivity contribution in [3.8, 4) is 0 Å². The summed E-state index contributed by atoms with van der Waals surface area (Å²) in [5.41, 5.74) is 0. The lowest BCUT2D eigenvalue weighted by molar-refractivity contribution is 0.242. The van der Waals surface area contributed by atoms with E-state index >= 15 is 0 Å². The zero-order valence-corrected chi connectivity index (χ0v) is 16.2. The highest BCUT2D eigenvalue weighted by molar-refractivity contribution is 5.80. The fraction of sp³-hybridized carbons (Fsp3) is 0.947. The summed E-state index contributed by atoms with van der Waals surface area (Å²) >= 11 is 0. The van der Waals surface area contributed by atoms with Crippen LogP contribution >= 0.6 is 0 Å². The first-order valence-electron chi connectivity index (χ1n) is 10.3. The predicted molar refractivity (Wildman–Crippen MR) is 104 cm³/mol. The molecule has 0 aromatic carbocycles. The Balaban J connectivity index is 1.72. The average Bonchev–Trinajstić information content (AvgIpc) is 3.26. The van der Waals surface area contributed by atoms with E-state index in [1.807, 2.05) is 0 Å². The molecule has 2 rings (SSSR count). The van der Waals surface area contributed by atoms with Crippen molar-refractivity contribution in [3.63, 3.8) is 0 Å². The molecule has 5 heteroatoms. The molecule has 2 aliphatic rings. The maximum atomic E-state index is 4.79. The van der Waals surface area contributed by atoms with E-state index < -0.39 is 0 Å². The second-order valence-electron chi connectivity index (χ2n) is 7.20. The maximum Gasteiger partial charge on any atom is 0.191 e. The molecule has 0 aromatic rings. The van der Waals surface area contributed by atoms with Crippen LogP contribution in [-0.4, -0.2) is 73.7 Å². The van der Waals surface area contributed by atoms with Crippen LogP contribution in [-0.2, 0) is 0 Å². The van der Waals surface area contributed by atoms with Gasteiger partial charge in [0.05, 0.1) is 0 Å². The van der Waals surface area contributed by atoms with Crippen LogP contribution in [0.15, 0.2) is 4.99 Å². The number of hydrogen-bond acceptors (Lipinski definition) is 3. The fourth-order valence-corrected chi connectivity index (χ4v) is 4.04. The second-order valence-corrected chi connectivity index (χ2v) is 7.20. The number of rotatable bonds is 9. The van der Waals surface area contributed by atoms with E-state index in [-0.39, 0.29) is 0 Å². The van der Waals surface area contributed by atoms with Gasteiger partial charge in [-0.05, 0) is 52.2 Å². The number of guanidine groups is 1. The van der Waals surface area contributed by atoms with Crippen LogP contribution in [0.5, 0.6) is 0 Å². The highest BCUT2D eigenvalue weighted by Gasteiger charge is 2.30. The third-order valence-corrected chi connectivity index (χ3v) is 5.54. The molecule has 1 atom stereocenters. The van der Waals surface area contributed by atoms with Gasteiger partial charge < -0.3 is 15.5 Å². The molecule has 1 saturated carbocycles. The van der Waals surface area contributed by atoms with Crippen LogP contribution in [0.1, 0.15) is 59.3 Å².